The number of hydrogen-bond donors (Lipinski definition) is 0. The molecular formula is C14H20O2S. The molecule has 1 aliphatic rings. The highest BCUT2D eigenvalue weighted by molar-refractivity contribution is 7.85. The molecule has 1 heterocycles. The second-order valence-electron chi connectivity index (χ2n) is 4.72. The lowest BCUT2D eigenvalue weighted by Gasteiger charge is -2.13. The van der Waals surface area contributed by atoms with Crippen LogP contribution in [0.3, 0.4) is 0 Å². The minimum Gasteiger partial charge on any atom is -0.377 e. The van der Waals surface area contributed by atoms with Crippen LogP contribution >= 0.6 is 0 Å². The van der Waals surface area contributed by atoms with E-state index in [-0.39, 0.29) is 11.4 Å². The molecule has 0 bridgehead atoms. The standard InChI is InChI=1S/C14H20O2S/c1-11-3-5-13(6-4-11)8-10-17(15)14-7-9-16-12(14)2/h3-6,12,14H,7-10H2,1-2H3/t12-,14+,17-/m0/s1. The molecule has 17 heavy (non-hydrogen) atoms. The molecule has 2 nitrogen and oxygen atoms in total. The van der Waals surface area contributed by atoms with Crippen LogP contribution < -0.4 is 0 Å². The van der Waals surface area contributed by atoms with Gasteiger partial charge in [-0.2, -0.15) is 0 Å². The maximum absolute atomic E-state index is 12.1. The molecule has 0 spiro atoms. The Balaban J connectivity index is 1.85. The fraction of sp³-hybridized carbons (Fsp3) is 0.571. The maximum atomic E-state index is 12.1. The summed E-state index contributed by atoms with van der Waals surface area (Å²) in [4.78, 5) is 0. The Morgan fingerprint density at radius 1 is 1.35 bits per heavy atom. The van der Waals surface area contributed by atoms with E-state index in [1.807, 2.05) is 6.92 Å². The summed E-state index contributed by atoms with van der Waals surface area (Å²) in [6.45, 7) is 4.88. The van der Waals surface area contributed by atoms with Gasteiger partial charge in [-0.05, 0) is 32.3 Å². The summed E-state index contributed by atoms with van der Waals surface area (Å²) in [5.41, 5.74) is 2.54. The number of rotatable bonds is 4. The second-order valence-corrected chi connectivity index (χ2v) is 6.50. The van der Waals surface area contributed by atoms with Gasteiger partial charge >= 0.3 is 0 Å². The first-order chi connectivity index (χ1) is 8.16. The van der Waals surface area contributed by atoms with Gasteiger partial charge in [0.1, 0.15) is 0 Å². The lowest BCUT2D eigenvalue weighted by molar-refractivity contribution is 0.127. The van der Waals surface area contributed by atoms with Crippen LogP contribution in [0.25, 0.3) is 0 Å². The smallest absolute Gasteiger partial charge is 0.0691 e. The topological polar surface area (TPSA) is 26.3 Å². The predicted octanol–water partition coefficient (Wildman–Crippen LogP) is 2.46. The Morgan fingerprint density at radius 3 is 2.65 bits per heavy atom. The zero-order valence-corrected chi connectivity index (χ0v) is 11.3. The van der Waals surface area contributed by atoms with Gasteiger partial charge in [-0.15, -0.1) is 0 Å². The van der Waals surface area contributed by atoms with Gasteiger partial charge in [-0.25, -0.2) is 0 Å². The second kappa shape index (κ2) is 5.78. The van der Waals surface area contributed by atoms with Gasteiger partial charge in [0.05, 0.1) is 11.4 Å². The van der Waals surface area contributed by atoms with E-state index >= 15 is 0 Å². The first kappa shape index (κ1) is 12.8. The SMILES string of the molecule is Cc1ccc(CC[S@](=O)[C@@H]2CCO[C@H]2C)cc1. The van der Waals surface area contributed by atoms with Crippen LogP contribution in [0.15, 0.2) is 24.3 Å². The molecule has 1 saturated heterocycles. The van der Waals surface area contributed by atoms with Crippen LogP contribution in [-0.4, -0.2) is 27.9 Å². The lowest BCUT2D eigenvalue weighted by Crippen LogP contribution is -2.25. The van der Waals surface area contributed by atoms with E-state index in [4.69, 9.17) is 4.74 Å². The third-order valence-corrected chi connectivity index (χ3v) is 5.26. The highest BCUT2D eigenvalue weighted by Crippen LogP contribution is 2.19. The Hall–Kier alpha value is -0.670. The molecule has 1 aliphatic heterocycles. The molecule has 1 aromatic carbocycles. The molecular weight excluding hydrogens is 232 g/mol. The summed E-state index contributed by atoms with van der Waals surface area (Å²) in [6, 6.07) is 8.47. The van der Waals surface area contributed by atoms with Crippen molar-refractivity contribution < 1.29 is 8.95 Å². The lowest BCUT2D eigenvalue weighted by atomic mass is 10.1. The Morgan fingerprint density at radius 2 is 2.06 bits per heavy atom. The highest BCUT2D eigenvalue weighted by Gasteiger charge is 2.29. The zero-order chi connectivity index (χ0) is 12.3. The first-order valence-electron chi connectivity index (χ1n) is 6.21. The number of ether oxygens (including phenoxy) is 1. The zero-order valence-electron chi connectivity index (χ0n) is 10.5. The molecule has 1 fully saturated rings. The van der Waals surface area contributed by atoms with E-state index < -0.39 is 10.8 Å². The van der Waals surface area contributed by atoms with E-state index in [0.29, 0.717) is 0 Å². The predicted molar refractivity (Wildman–Crippen MR) is 71.7 cm³/mol. The third-order valence-electron chi connectivity index (χ3n) is 3.36. The summed E-state index contributed by atoms with van der Waals surface area (Å²) in [7, 11) is -0.756. The van der Waals surface area contributed by atoms with Crippen LogP contribution in [0.4, 0.5) is 0 Å². The Labute approximate surface area is 106 Å². The largest absolute Gasteiger partial charge is 0.377 e. The minimum absolute atomic E-state index is 0.161. The van der Waals surface area contributed by atoms with E-state index in [0.717, 1.165) is 25.2 Å². The summed E-state index contributed by atoms with van der Waals surface area (Å²) < 4.78 is 17.6. The average molecular weight is 252 g/mol. The molecule has 0 N–H and O–H groups in total. The van der Waals surface area contributed by atoms with Crippen molar-refractivity contribution in [1.29, 1.82) is 0 Å². The third kappa shape index (κ3) is 3.39. The molecule has 0 amide bonds. The molecule has 0 radical (unpaired) electrons. The average Bonchev–Trinajstić information content (AvgIpc) is 2.74. The van der Waals surface area contributed by atoms with Crippen molar-refractivity contribution in [2.45, 2.75) is 38.0 Å². The fourth-order valence-electron chi connectivity index (χ4n) is 2.18. The van der Waals surface area contributed by atoms with Crippen LogP contribution in [-0.2, 0) is 22.0 Å². The molecule has 2 rings (SSSR count). The maximum Gasteiger partial charge on any atom is 0.0691 e. The van der Waals surface area contributed by atoms with E-state index in [1.165, 1.54) is 11.1 Å². The van der Waals surface area contributed by atoms with Crippen molar-refractivity contribution in [3.8, 4) is 0 Å². The fourth-order valence-corrected chi connectivity index (χ4v) is 3.79. The minimum atomic E-state index is -0.756. The van der Waals surface area contributed by atoms with Gasteiger partial charge in [0.25, 0.3) is 0 Å². The normalized spacial score (nSPS) is 26.0. The summed E-state index contributed by atoms with van der Waals surface area (Å²) in [5, 5.41) is 0.237. The summed E-state index contributed by atoms with van der Waals surface area (Å²) in [5.74, 6) is 0.751. The van der Waals surface area contributed by atoms with E-state index in [9.17, 15) is 4.21 Å². The van der Waals surface area contributed by atoms with Crippen molar-refractivity contribution >= 4 is 10.8 Å². The van der Waals surface area contributed by atoms with Crippen molar-refractivity contribution in [2.24, 2.45) is 0 Å². The molecule has 0 saturated carbocycles. The molecule has 3 atom stereocenters. The Kier molecular flexibility index (Phi) is 4.35. The van der Waals surface area contributed by atoms with Crippen molar-refractivity contribution in [2.75, 3.05) is 12.4 Å². The molecule has 1 aromatic rings. The monoisotopic (exact) mass is 252 g/mol. The Bertz CT molecular complexity index is 386. The molecule has 94 valence electrons. The first-order valence-corrected chi connectivity index (χ1v) is 7.59. The van der Waals surface area contributed by atoms with Crippen LogP contribution in [0.2, 0.25) is 0 Å². The van der Waals surface area contributed by atoms with Crippen LogP contribution in [0, 0.1) is 6.92 Å². The quantitative estimate of drug-likeness (QED) is 0.823. The molecule has 0 aliphatic carbocycles. The number of hydrogen-bond acceptors (Lipinski definition) is 2. The molecule has 0 unspecified atom stereocenters. The molecule has 3 heteroatoms. The number of aryl methyl sites for hydroxylation is 2. The van der Waals surface area contributed by atoms with Crippen molar-refractivity contribution in [3.63, 3.8) is 0 Å². The van der Waals surface area contributed by atoms with Gasteiger partial charge in [-0.1, -0.05) is 29.8 Å². The van der Waals surface area contributed by atoms with Gasteiger partial charge in [0.2, 0.25) is 0 Å². The summed E-state index contributed by atoms with van der Waals surface area (Å²) >= 11 is 0. The van der Waals surface area contributed by atoms with Crippen molar-refractivity contribution in [1.82, 2.24) is 0 Å². The van der Waals surface area contributed by atoms with E-state index in [2.05, 4.69) is 31.2 Å². The van der Waals surface area contributed by atoms with Gasteiger partial charge in [-0.3, -0.25) is 4.21 Å². The molecule has 0 aromatic heterocycles. The summed E-state index contributed by atoms with van der Waals surface area (Å²) in [6.07, 6.45) is 2.01. The van der Waals surface area contributed by atoms with Gasteiger partial charge in [0.15, 0.2) is 0 Å². The van der Waals surface area contributed by atoms with Gasteiger partial charge < -0.3 is 4.74 Å². The highest BCUT2D eigenvalue weighted by atomic mass is 32.2. The van der Waals surface area contributed by atoms with E-state index in [1.54, 1.807) is 0 Å². The van der Waals surface area contributed by atoms with Crippen molar-refractivity contribution in [3.05, 3.63) is 35.4 Å². The van der Waals surface area contributed by atoms with Gasteiger partial charge in [0, 0.05) is 23.2 Å². The number of benzene rings is 1. The van der Waals surface area contributed by atoms with Crippen LogP contribution in [0.5, 0.6) is 0 Å². The van der Waals surface area contributed by atoms with Crippen LogP contribution in [0.1, 0.15) is 24.5 Å².